The van der Waals surface area contributed by atoms with Crippen LogP contribution in [-0.4, -0.2) is 42.7 Å². The Balaban J connectivity index is 2.71. The van der Waals surface area contributed by atoms with Gasteiger partial charge in [0.15, 0.2) is 11.9 Å². The first-order valence-corrected chi connectivity index (χ1v) is 7.46. The van der Waals surface area contributed by atoms with E-state index in [2.05, 4.69) is 11.6 Å². The number of carbonyl (C=O) groups is 2. The first-order valence-electron chi connectivity index (χ1n) is 7.46. The minimum atomic E-state index is -0.652. The second-order valence-corrected chi connectivity index (χ2v) is 6.06. The van der Waals surface area contributed by atoms with E-state index < -0.39 is 17.6 Å². The van der Waals surface area contributed by atoms with Crippen molar-refractivity contribution in [1.29, 1.82) is 0 Å². The molecule has 6 heteroatoms. The molecule has 1 aliphatic heterocycles. The zero-order valence-electron chi connectivity index (χ0n) is 13.8. The van der Waals surface area contributed by atoms with Crippen molar-refractivity contribution in [2.24, 2.45) is 10.9 Å². The smallest absolute Gasteiger partial charge is 0.334 e. The summed E-state index contributed by atoms with van der Waals surface area (Å²) < 4.78 is 15.7. The Hall–Kier alpha value is -1.85. The van der Waals surface area contributed by atoms with Gasteiger partial charge < -0.3 is 14.2 Å². The van der Waals surface area contributed by atoms with Crippen molar-refractivity contribution in [3.05, 3.63) is 12.7 Å². The molecule has 0 aliphatic carbocycles. The topological polar surface area (TPSA) is 74.2 Å². The number of esters is 2. The summed E-state index contributed by atoms with van der Waals surface area (Å²) in [6.07, 6.45) is 2.35. The Morgan fingerprint density at radius 1 is 1.50 bits per heavy atom. The maximum Gasteiger partial charge on any atom is 0.334 e. The van der Waals surface area contributed by atoms with Gasteiger partial charge in [0.1, 0.15) is 12.2 Å². The summed E-state index contributed by atoms with van der Waals surface area (Å²) in [5.41, 5.74) is -0.540. The molecule has 1 heterocycles. The number of hydrogen-bond acceptors (Lipinski definition) is 6. The maximum absolute atomic E-state index is 12.0. The van der Waals surface area contributed by atoms with Crippen LogP contribution < -0.4 is 0 Å². The van der Waals surface area contributed by atoms with Gasteiger partial charge in [0.2, 0.25) is 0 Å². The van der Waals surface area contributed by atoms with Gasteiger partial charge in [-0.3, -0.25) is 4.79 Å². The van der Waals surface area contributed by atoms with Gasteiger partial charge in [-0.1, -0.05) is 6.08 Å². The van der Waals surface area contributed by atoms with Gasteiger partial charge in [0, 0.05) is 5.92 Å². The van der Waals surface area contributed by atoms with Gasteiger partial charge in [-0.2, -0.15) is 0 Å². The van der Waals surface area contributed by atoms with Crippen LogP contribution in [0.3, 0.4) is 0 Å². The third-order valence-corrected chi connectivity index (χ3v) is 2.86. The van der Waals surface area contributed by atoms with Crippen molar-refractivity contribution >= 4 is 17.8 Å². The predicted octanol–water partition coefficient (Wildman–Crippen LogP) is 2.27. The lowest BCUT2D eigenvalue weighted by atomic mass is 10.0. The van der Waals surface area contributed by atoms with Crippen LogP contribution >= 0.6 is 0 Å². The fraction of sp³-hybridized carbons (Fsp3) is 0.688. The molecule has 0 radical (unpaired) electrons. The van der Waals surface area contributed by atoms with E-state index in [-0.39, 0.29) is 24.9 Å². The molecule has 0 spiro atoms. The summed E-state index contributed by atoms with van der Waals surface area (Å²) in [4.78, 5) is 27.9. The molecule has 124 valence electrons. The molecule has 0 aromatic carbocycles. The Morgan fingerprint density at radius 3 is 2.73 bits per heavy atom. The van der Waals surface area contributed by atoms with Crippen molar-refractivity contribution in [2.75, 3.05) is 13.2 Å². The van der Waals surface area contributed by atoms with Gasteiger partial charge in [-0.05, 0) is 34.1 Å². The predicted molar refractivity (Wildman–Crippen MR) is 82.6 cm³/mol. The van der Waals surface area contributed by atoms with E-state index in [9.17, 15) is 9.59 Å². The van der Waals surface area contributed by atoms with E-state index in [1.165, 1.54) is 0 Å². The summed E-state index contributed by atoms with van der Waals surface area (Å²) in [5, 5.41) is 0. The number of rotatable bonds is 7. The molecule has 22 heavy (non-hydrogen) atoms. The minimum absolute atomic E-state index is 0.137. The summed E-state index contributed by atoms with van der Waals surface area (Å²) >= 11 is 0. The zero-order valence-corrected chi connectivity index (χ0v) is 13.8. The van der Waals surface area contributed by atoms with Gasteiger partial charge in [-0.25, -0.2) is 9.79 Å². The molecule has 0 N–H and O–H groups in total. The van der Waals surface area contributed by atoms with Crippen molar-refractivity contribution in [3.63, 3.8) is 0 Å². The van der Waals surface area contributed by atoms with Gasteiger partial charge in [-0.15, -0.1) is 6.58 Å². The highest BCUT2D eigenvalue weighted by Crippen LogP contribution is 2.21. The molecule has 2 atom stereocenters. The van der Waals surface area contributed by atoms with Crippen molar-refractivity contribution in [2.45, 2.75) is 52.2 Å². The first-order chi connectivity index (χ1) is 10.3. The number of ether oxygens (including phenoxy) is 3. The van der Waals surface area contributed by atoms with Crippen molar-refractivity contribution in [3.8, 4) is 0 Å². The lowest BCUT2D eigenvalue weighted by Crippen LogP contribution is -2.27. The lowest BCUT2D eigenvalue weighted by molar-refractivity contribution is -0.155. The average Bonchev–Trinajstić information content (AvgIpc) is 2.85. The second kappa shape index (κ2) is 7.96. The Labute approximate surface area is 131 Å². The Morgan fingerprint density at radius 2 is 2.18 bits per heavy atom. The highest BCUT2D eigenvalue weighted by atomic mass is 16.6. The van der Waals surface area contributed by atoms with Crippen LogP contribution in [0.25, 0.3) is 0 Å². The SMILES string of the molecule is C=CC[C@H](CC(=O)OC(C)(C)C)C1=N[C@@H](C(=O)OCC)CO1. The molecule has 0 saturated carbocycles. The molecule has 0 bridgehead atoms. The highest BCUT2D eigenvalue weighted by molar-refractivity contribution is 5.89. The molecule has 6 nitrogen and oxygen atoms in total. The Kier molecular flexibility index (Phi) is 6.59. The summed E-state index contributed by atoms with van der Waals surface area (Å²) in [7, 11) is 0. The number of aliphatic imine (C=N–C) groups is 1. The second-order valence-electron chi connectivity index (χ2n) is 6.06. The number of hydrogen-bond donors (Lipinski definition) is 0. The highest BCUT2D eigenvalue weighted by Gasteiger charge is 2.32. The molecule has 0 unspecified atom stereocenters. The maximum atomic E-state index is 12.0. The molecule has 0 amide bonds. The Bertz CT molecular complexity index is 450. The summed E-state index contributed by atoms with van der Waals surface area (Å²) in [6, 6.07) is -0.652. The third-order valence-electron chi connectivity index (χ3n) is 2.86. The quantitative estimate of drug-likeness (QED) is 0.532. The number of carbonyl (C=O) groups excluding carboxylic acids is 2. The summed E-state index contributed by atoms with van der Waals surface area (Å²) in [6.45, 7) is 11.3. The molecule has 0 saturated heterocycles. The molecular formula is C16H25NO5. The van der Waals surface area contributed by atoms with E-state index in [4.69, 9.17) is 14.2 Å². The lowest BCUT2D eigenvalue weighted by Gasteiger charge is -2.21. The zero-order chi connectivity index (χ0) is 16.8. The van der Waals surface area contributed by atoms with Crippen LogP contribution in [0.2, 0.25) is 0 Å². The van der Waals surface area contributed by atoms with Crippen molar-refractivity contribution < 1.29 is 23.8 Å². The van der Waals surface area contributed by atoms with Crippen LogP contribution in [0.1, 0.15) is 40.5 Å². The van der Waals surface area contributed by atoms with E-state index in [0.717, 1.165) is 0 Å². The molecule has 0 fully saturated rings. The molecular weight excluding hydrogens is 286 g/mol. The van der Waals surface area contributed by atoms with Crippen molar-refractivity contribution in [1.82, 2.24) is 0 Å². The average molecular weight is 311 g/mol. The van der Waals surface area contributed by atoms with Crippen LogP contribution in [-0.2, 0) is 23.8 Å². The fourth-order valence-electron chi connectivity index (χ4n) is 2.03. The monoisotopic (exact) mass is 311 g/mol. The molecule has 0 aromatic heterocycles. The van der Waals surface area contributed by atoms with Crippen LogP contribution in [0.5, 0.6) is 0 Å². The van der Waals surface area contributed by atoms with Crippen LogP contribution in [0.15, 0.2) is 17.6 Å². The van der Waals surface area contributed by atoms with Gasteiger partial charge >= 0.3 is 11.9 Å². The fourth-order valence-corrected chi connectivity index (χ4v) is 2.03. The minimum Gasteiger partial charge on any atom is -0.478 e. The first kappa shape index (κ1) is 18.2. The van der Waals surface area contributed by atoms with E-state index in [1.54, 1.807) is 13.0 Å². The third kappa shape index (κ3) is 5.87. The van der Waals surface area contributed by atoms with E-state index in [1.807, 2.05) is 20.8 Å². The summed E-state index contributed by atoms with van der Waals surface area (Å²) in [5.74, 6) is -0.618. The van der Waals surface area contributed by atoms with Crippen LogP contribution in [0.4, 0.5) is 0 Å². The normalized spacial score (nSPS) is 18.9. The molecule has 1 rings (SSSR count). The van der Waals surface area contributed by atoms with E-state index >= 15 is 0 Å². The van der Waals surface area contributed by atoms with Gasteiger partial charge in [0.25, 0.3) is 0 Å². The van der Waals surface area contributed by atoms with Gasteiger partial charge in [0.05, 0.1) is 13.0 Å². The standard InChI is InChI=1S/C16H25NO5/c1-6-8-11(9-13(18)22-16(3,4)5)14-17-12(10-21-14)15(19)20-7-2/h6,11-12H,1,7-10H2,2-5H3/t11-,12-/m1/s1. The number of allylic oxidation sites excluding steroid dienone is 1. The van der Waals surface area contributed by atoms with E-state index in [0.29, 0.717) is 18.9 Å². The molecule has 0 aromatic rings. The molecule has 1 aliphatic rings. The van der Waals surface area contributed by atoms with Crippen LogP contribution in [0, 0.1) is 5.92 Å². The number of nitrogens with zero attached hydrogens (tertiary/aromatic N) is 1. The largest absolute Gasteiger partial charge is 0.478 e.